The van der Waals surface area contributed by atoms with Crippen molar-refractivity contribution in [3.8, 4) is 0 Å². The average molecular weight is 199 g/mol. The number of ether oxygens (including phenoxy) is 2. The molecule has 14 heavy (non-hydrogen) atoms. The molecule has 1 saturated heterocycles. The molecule has 79 valence electrons. The molecule has 1 radical (unpaired) electrons. The highest BCUT2D eigenvalue weighted by atomic mass is 16.6. The van der Waals surface area contributed by atoms with Crippen LogP contribution in [0.5, 0.6) is 0 Å². The molecule has 1 rings (SSSR count). The van der Waals surface area contributed by atoms with Crippen molar-refractivity contribution in [3.63, 3.8) is 0 Å². The first-order valence-corrected chi connectivity index (χ1v) is 4.57. The molecular formula is C10H15O4. The van der Waals surface area contributed by atoms with E-state index in [0.29, 0.717) is 13.0 Å². The van der Waals surface area contributed by atoms with Gasteiger partial charge in [-0.05, 0) is 19.4 Å². The molecule has 1 aliphatic heterocycles. The lowest BCUT2D eigenvalue weighted by Crippen LogP contribution is -2.14. The van der Waals surface area contributed by atoms with Gasteiger partial charge >= 0.3 is 5.97 Å². The van der Waals surface area contributed by atoms with E-state index in [1.807, 2.05) is 0 Å². The molecule has 0 aliphatic carbocycles. The van der Waals surface area contributed by atoms with Crippen molar-refractivity contribution in [3.05, 3.63) is 18.6 Å². The van der Waals surface area contributed by atoms with Crippen molar-refractivity contribution in [2.75, 3.05) is 13.2 Å². The van der Waals surface area contributed by atoms with Crippen LogP contribution < -0.4 is 0 Å². The Morgan fingerprint density at radius 1 is 1.86 bits per heavy atom. The zero-order chi connectivity index (χ0) is 10.6. The Morgan fingerprint density at radius 3 is 2.93 bits per heavy atom. The molecular weight excluding hydrogens is 184 g/mol. The van der Waals surface area contributed by atoms with Crippen LogP contribution in [-0.4, -0.2) is 36.5 Å². The molecule has 0 amide bonds. The molecule has 0 saturated carbocycles. The molecule has 4 nitrogen and oxygen atoms in total. The largest absolute Gasteiger partial charge is 0.478 e. The van der Waals surface area contributed by atoms with E-state index in [1.165, 1.54) is 0 Å². The summed E-state index contributed by atoms with van der Waals surface area (Å²) in [6.07, 6.45) is 2.08. The summed E-state index contributed by atoms with van der Waals surface area (Å²) in [7, 11) is 0. The van der Waals surface area contributed by atoms with Gasteiger partial charge in [-0.25, -0.2) is 4.79 Å². The highest BCUT2D eigenvalue weighted by Gasteiger charge is 2.23. The third-order valence-corrected chi connectivity index (χ3v) is 1.96. The van der Waals surface area contributed by atoms with E-state index in [4.69, 9.17) is 14.6 Å². The molecule has 0 aromatic carbocycles. The summed E-state index contributed by atoms with van der Waals surface area (Å²) in [4.78, 5) is 10.5. The third kappa shape index (κ3) is 3.89. The average Bonchev–Trinajstić information content (AvgIpc) is 2.95. The number of rotatable bonds is 6. The van der Waals surface area contributed by atoms with E-state index in [1.54, 1.807) is 13.0 Å². The van der Waals surface area contributed by atoms with Crippen LogP contribution >= 0.6 is 0 Å². The van der Waals surface area contributed by atoms with Gasteiger partial charge in [-0.1, -0.05) is 6.92 Å². The van der Waals surface area contributed by atoms with Crippen LogP contribution in [0, 0.1) is 6.92 Å². The zero-order valence-electron chi connectivity index (χ0n) is 8.23. The van der Waals surface area contributed by atoms with Crippen LogP contribution in [-0.2, 0) is 14.3 Å². The Hall–Kier alpha value is -0.870. The number of hydrogen-bond donors (Lipinski definition) is 1. The monoisotopic (exact) mass is 199 g/mol. The fourth-order valence-electron chi connectivity index (χ4n) is 0.960. The SMILES string of the molecule is [CH2]CC(C=C(C)C(=O)O)OCC1CO1. The minimum absolute atomic E-state index is 0.197. The van der Waals surface area contributed by atoms with Gasteiger partial charge in [-0.15, -0.1) is 0 Å². The molecule has 0 aromatic heterocycles. The summed E-state index contributed by atoms with van der Waals surface area (Å²) < 4.78 is 10.4. The minimum Gasteiger partial charge on any atom is -0.478 e. The van der Waals surface area contributed by atoms with Gasteiger partial charge in [0, 0.05) is 5.57 Å². The van der Waals surface area contributed by atoms with E-state index < -0.39 is 5.97 Å². The van der Waals surface area contributed by atoms with Crippen molar-refractivity contribution < 1.29 is 19.4 Å². The highest BCUT2D eigenvalue weighted by molar-refractivity contribution is 5.85. The van der Waals surface area contributed by atoms with Crippen LogP contribution in [0.1, 0.15) is 13.3 Å². The maximum absolute atomic E-state index is 10.5. The van der Waals surface area contributed by atoms with E-state index >= 15 is 0 Å². The Bertz CT molecular complexity index is 230. The van der Waals surface area contributed by atoms with Crippen molar-refractivity contribution in [1.82, 2.24) is 0 Å². The lowest BCUT2D eigenvalue weighted by molar-refractivity contribution is -0.132. The number of hydrogen-bond acceptors (Lipinski definition) is 3. The quantitative estimate of drug-likeness (QED) is 0.512. The van der Waals surface area contributed by atoms with Crippen LogP contribution in [0.2, 0.25) is 0 Å². The Morgan fingerprint density at radius 2 is 2.50 bits per heavy atom. The minimum atomic E-state index is -0.922. The van der Waals surface area contributed by atoms with Crippen LogP contribution in [0.25, 0.3) is 0 Å². The first-order chi connectivity index (χ1) is 6.63. The Balaban J connectivity index is 2.35. The summed E-state index contributed by atoms with van der Waals surface area (Å²) in [5.41, 5.74) is 0.287. The number of epoxide rings is 1. The summed E-state index contributed by atoms with van der Waals surface area (Å²) in [6, 6.07) is 0. The van der Waals surface area contributed by atoms with Gasteiger partial charge in [0.1, 0.15) is 6.10 Å². The summed E-state index contributed by atoms with van der Waals surface area (Å²) >= 11 is 0. The smallest absolute Gasteiger partial charge is 0.331 e. The van der Waals surface area contributed by atoms with Gasteiger partial charge in [0.25, 0.3) is 0 Å². The van der Waals surface area contributed by atoms with Crippen LogP contribution in [0.15, 0.2) is 11.6 Å². The number of carbonyl (C=O) groups is 1. The first kappa shape index (κ1) is 11.2. The maximum atomic E-state index is 10.5. The van der Waals surface area contributed by atoms with Crippen molar-refractivity contribution in [2.24, 2.45) is 0 Å². The zero-order valence-corrected chi connectivity index (χ0v) is 8.23. The van der Waals surface area contributed by atoms with E-state index in [0.717, 1.165) is 6.61 Å². The molecule has 1 N–H and O–H groups in total. The van der Waals surface area contributed by atoms with Crippen LogP contribution in [0.3, 0.4) is 0 Å². The van der Waals surface area contributed by atoms with Gasteiger partial charge in [0.2, 0.25) is 0 Å². The number of aliphatic carboxylic acids is 1. The highest BCUT2D eigenvalue weighted by Crippen LogP contribution is 2.12. The summed E-state index contributed by atoms with van der Waals surface area (Å²) in [5.74, 6) is -0.922. The van der Waals surface area contributed by atoms with Gasteiger partial charge in [0.05, 0.1) is 19.3 Å². The summed E-state index contributed by atoms with van der Waals surface area (Å²) in [5, 5.41) is 8.65. The van der Waals surface area contributed by atoms with E-state index in [-0.39, 0.29) is 17.8 Å². The molecule has 4 heteroatoms. The number of carboxylic acid groups (broad SMARTS) is 1. The van der Waals surface area contributed by atoms with Crippen molar-refractivity contribution >= 4 is 5.97 Å². The van der Waals surface area contributed by atoms with E-state index in [2.05, 4.69) is 6.92 Å². The van der Waals surface area contributed by atoms with E-state index in [9.17, 15) is 4.79 Å². The predicted molar refractivity (Wildman–Crippen MR) is 50.8 cm³/mol. The van der Waals surface area contributed by atoms with Gasteiger partial charge in [-0.2, -0.15) is 0 Å². The molecule has 1 fully saturated rings. The second-order valence-electron chi connectivity index (χ2n) is 3.27. The molecule has 2 atom stereocenters. The normalized spacial score (nSPS) is 23.3. The Labute approximate surface area is 83.5 Å². The fraction of sp³-hybridized carbons (Fsp3) is 0.600. The lowest BCUT2D eigenvalue weighted by atomic mass is 10.2. The predicted octanol–water partition coefficient (Wildman–Crippen LogP) is 1.03. The number of carboxylic acids is 1. The standard InChI is InChI=1S/C10H15O4/c1-3-8(4-7(2)10(11)12)13-5-9-6-14-9/h4,8-9H,1,3,5-6H2,2H3,(H,11,12). The first-order valence-electron chi connectivity index (χ1n) is 4.57. The Kier molecular flexibility index (Phi) is 4.10. The fourth-order valence-corrected chi connectivity index (χ4v) is 0.960. The molecule has 0 bridgehead atoms. The topological polar surface area (TPSA) is 59.1 Å². The van der Waals surface area contributed by atoms with Gasteiger partial charge < -0.3 is 14.6 Å². The van der Waals surface area contributed by atoms with Gasteiger partial charge in [-0.3, -0.25) is 0 Å². The summed E-state index contributed by atoms with van der Waals surface area (Å²) in [6.45, 7) is 6.50. The third-order valence-electron chi connectivity index (χ3n) is 1.96. The molecule has 2 unspecified atom stereocenters. The second-order valence-corrected chi connectivity index (χ2v) is 3.27. The van der Waals surface area contributed by atoms with Crippen LogP contribution in [0.4, 0.5) is 0 Å². The molecule has 1 heterocycles. The second kappa shape index (κ2) is 5.12. The molecule has 0 aromatic rings. The maximum Gasteiger partial charge on any atom is 0.331 e. The van der Waals surface area contributed by atoms with Crippen molar-refractivity contribution in [1.29, 1.82) is 0 Å². The molecule has 0 spiro atoms. The van der Waals surface area contributed by atoms with Crippen molar-refractivity contribution in [2.45, 2.75) is 25.6 Å². The lowest BCUT2D eigenvalue weighted by Gasteiger charge is -2.11. The molecule has 1 aliphatic rings. The van der Waals surface area contributed by atoms with Gasteiger partial charge in [0.15, 0.2) is 0 Å².